The van der Waals surface area contributed by atoms with Crippen LogP contribution in [0.2, 0.25) is 0 Å². The maximum atomic E-state index is 4.80. The van der Waals surface area contributed by atoms with Crippen molar-refractivity contribution in [1.82, 2.24) is 10.3 Å². The minimum absolute atomic E-state index is 0.493. The normalized spacial score (nSPS) is 11.3. The number of nitrogens with one attached hydrogen (secondary N) is 1. The van der Waals surface area contributed by atoms with Crippen molar-refractivity contribution in [2.75, 3.05) is 18.0 Å². The predicted octanol–water partition coefficient (Wildman–Crippen LogP) is 3.84. The number of hydrogen-bond acceptors (Lipinski definition) is 3. The lowest BCUT2D eigenvalue weighted by Gasteiger charge is -2.26. The molecule has 1 heterocycles. The highest BCUT2D eigenvalue weighted by Crippen LogP contribution is 2.16. The van der Waals surface area contributed by atoms with Crippen molar-refractivity contribution < 1.29 is 0 Å². The zero-order valence-corrected chi connectivity index (χ0v) is 13.8. The van der Waals surface area contributed by atoms with E-state index in [9.17, 15) is 0 Å². The first kappa shape index (κ1) is 17.0. The number of rotatable bonds is 9. The van der Waals surface area contributed by atoms with E-state index in [1.807, 2.05) is 0 Å². The monoisotopic (exact) mass is 277 g/mol. The van der Waals surface area contributed by atoms with Gasteiger partial charge in [0.1, 0.15) is 5.82 Å². The Balaban J connectivity index is 2.74. The fourth-order valence-electron chi connectivity index (χ4n) is 2.29. The van der Waals surface area contributed by atoms with Crippen LogP contribution in [0, 0.1) is 5.92 Å². The Morgan fingerprint density at radius 1 is 1.15 bits per heavy atom. The van der Waals surface area contributed by atoms with Crippen molar-refractivity contribution >= 4 is 5.82 Å². The van der Waals surface area contributed by atoms with E-state index >= 15 is 0 Å². The van der Waals surface area contributed by atoms with Gasteiger partial charge in [-0.1, -0.05) is 46.6 Å². The summed E-state index contributed by atoms with van der Waals surface area (Å²) < 4.78 is 0. The second kappa shape index (κ2) is 8.96. The van der Waals surface area contributed by atoms with Crippen LogP contribution in [0.3, 0.4) is 0 Å². The summed E-state index contributed by atoms with van der Waals surface area (Å²) >= 11 is 0. The van der Waals surface area contributed by atoms with Crippen LogP contribution in [-0.4, -0.2) is 24.1 Å². The SMILES string of the molecule is CCC(CC)CN(CC)c1cccc(CNC(C)C)n1. The lowest BCUT2D eigenvalue weighted by Crippen LogP contribution is -2.30. The van der Waals surface area contributed by atoms with Crippen molar-refractivity contribution in [3.05, 3.63) is 23.9 Å². The molecule has 0 fully saturated rings. The third kappa shape index (κ3) is 5.49. The van der Waals surface area contributed by atoms with Gasteiger partial charge in [0.05, 0.1) is 5.69 Å². The zero-order valence-electron chi connectivity index (χ0n) is 13.8. The molecule has 0 bridgehead atoms. The molecule has 0 aliphatic carbocycles. The fraction of sp³-hybridized carbons (Fsp3) is 0.706. The molecular weight excluding hydrogens is 246 g/mol. The Hall–Kier alpha value is -1.09. The minimum atomic E-state index is 0.493. The Labute approximate surface area is 124 Å². The molecule has 0 unspecified atom stereocenters. The van der Waals surface area contributed by atoms with E-state index < -0.39 is 0 Å². The topological polar surface area (TPSA) is 28.2 Å². The van der Waals surface area contributed by atoms with E-state index in [0.29, 0.717) is 6.04 Å². The third-order valence-electron chi connectivity index (χ3n) is 3.82. The van der Waals surface area contributed by atoms with E-state index in [0.717, 1.165) is 37.1 Å². The molecule has 1 rings (SSSR count). The first-order chi connectivity index (χ1) is 9.60. The second-order valence-electron chi connectivity index (χ2n) is 5.74. The lowest BCUT2D eigenvalue weighted by molar-refractivity contribution is 0.484. The predicted molar refractivity (Wildman–Crippen MR) is 88.2 cm³/mol. The van der Waals surface area contributed by atoms with E-state index in [1.165, 1.54) is 12.8 Å². The first-order valence-corrected chi connectivity index (χ1v) is 8.04. The molecule has 1 N–H and O–H groups in total. The molecule has 0 saturated carbocycles. The van der Waals surface area contributed by atoms with Gasteiger partial charge in [0, 0.05) is 25.7 Å². The summed E-state index contributed by atoms with van der Waals surface area (Å²) in [4.78, 5) is 7.20. The molecule has 20 heavy (non-hydrogen) atoms. The van der Waals surface area contributed by atoms with Gasteiger partial charge in [-0.3, -0.25) is 0 Å². The quantitative estimate of drug-likeness (QED) is 0.743. The van der Waals surface area contributed by atoms with E-state index in [2.05, 4.69) is 63.0 Å². The van der Waals surface area contributed by atoms with Gasteiger partial charge in [0.15, 0.2) is 0 Å². The lowest BCUT2D eigenvalue weighted by atomic mass is 10.0. The number of anilines is 1. The minimum Gasteiger partial charge on any atom is -0.357 e. The van der Waals surface area contributed by atoms with E-state index in [1.54, 1.807) is 0 Å². The molecule has 0 atom stereocenters. The summed E-state index contributed by atoms with van der Waals surface area (Å²) in [6, 6.07) is 6.84. The summed E-state index contributed by atoms with van der Waals surface area (Å²) in [5, 5.41) is 3.43. The number of nitrogens with zero attached hydrogens (tertiary/aromatic N) is 2. The summed E-state index contributed by atoms with van der Waals surface area (Å²) in [5.41, 5.74) is 1.12. The van der Waals surface area contributed by atoms with Crippen LogP contribution >= 0.6 is 0 Å². The molecule has 0 spiro atoms. The Kier molecular flexibility index (Phi) is 7.60. The molecule has 0 aromatic carbocycles. The fourth-order valence-corrected chi connectivity index (χ4v) is 2.29. The number of hydrogen-bond donors (Lipinski definition) is 1. The highest BCUT2D eigenvalue weighted by atomic mass is 15.2. The molecule has 114 valence electrons. The third-order valence-corrected chi connectivity index (χ3v) is 3.82. The van der Waals surface area contributed by atoms with Gasteiger partial charge in [0.2, 0.25) is 0 Å². The second-order valence-corrected chi connectivity index (χ2v) is 5.74. The van der Waals surface area contributed by atoms with Crippen LogP contribution in [0.5, 0.6) is 0 Å². The summed E-state index contributed by atoms with van der Waals surface area (Å²) in [5.74, 6) is 1.87. The average molecular weight is 277 g/mol. The largest absolute Gasteiger partial charge is 0.357 e. The number of pyridine rings is 1. The molecule has 3 nitrogen and oxygen atoms in total. The molecule has 0 radical (unpaired) electrons. The van der Waals surface area contributed by atoms with Gasteiger partial charge in [-0.05, 0) is 25.0 Å². The maximum absolute atomic E-state index is 4.80. The van der Waals surface area contributed by atoms with Gasteiger partial charge in [-0.25, -0.2) is 4.98 Å². The van der Waals surface area contributed by atoms with Gasteiger partial charge >= 0.3 is 0 Å². The smallest absolute Gasteiger partial charge is 0.128 e. The van der Waals surface area contributed by atoms with Crippen LogP contribution < -0.4 is 10.2 Å². The Bertz CT molecular complexity index is 372. The molecule has 1 aromatic rings. The molecule has 0 saturated heterocycles. The maximum Gasteiger partial charge on any atom is 0.128 e. The molecule has 0 aliphatic rings. The molecule has 1 aromatic heterocycles. The average Bonchev–Trinajstić information content (AvgIpc) is 2.47. The van der Waals surface area contributed by atoms with Crippen molar-refractivity contribution in [3.63, 3.8) is 0 Å². The van der Waals surface area contributed by atoms with E-state index in [4.69, 9.17) is 4.98 Å². The number of aromatic nitrogens is 1. The van der Waals surface area contributed by atoms with E-state index in [-0.39, 0.29) is 0 Å². The van der Waals surface area contributed by atoms with Crippen LogP contribution in [0.25, 0.3) is 0 Å². The van der Waals surface area contributed by atoms with Crippen LogP contribution in [0.4, 0.5) is 5.82 Å². The van der Waals surface area contributed by atoms with Gasteiger partial charge < -0.3 is 10.2 Å². The van der Waals surface area contributed by atoms with Crippen molar-refractivity contribution in [1.29, 1.82) is 0 Å². The Morgan fingerprint density at radius 2 is 1.85 bits per heavy atom. The van der Waals surface area contributed by atoms with Crippen molar-refractivity contribution in [2.24, 2.45) is 5.92 Å². The highest BCUT2D eigenvalue weighted by Gasteiger charge is 2.12. The Morgan fingerprint density at radius 3 is 2.40 bits per heavy atom. The van der Waals surface area contributed by atoms with Crippen molar-refractivity contribution in [3.8, 4) is 0 Å². The first-order valence-electron chi connectivity index (χ1n) is 8.04. The van der Waals surface area contributed by atoms with Crippen LogP contribution in [-0.2, 0) is 6.54 Å². The van der Waals surface area contributed by atoms with Crippen molar-refractivity contribution in [2.45, 2.75) is 60.0 Å². The molecular formula is C17H31N3. The summed E-state index contributed by atoms with van der Waals surface area (Å²) in [7, 11) is 0. The molecule has 3 heteroatoms. The summed E-state index contributed by atoms with van der Waals surface area (Å²) in [6.45, 7) is 14.1. The van der Waals surface area contributed by atoms with Crippen LogP contribution in [0.1, 0.15) is 53.2 Å². The standard InChI is InChI=1S/C17H31N3/c1-6-15(7-2)13-20(8-3)17-11-9-10-16(19-17)12-18-14(4)5/h9-11,14-15,18H,6-8,12-13H2,1-5H3. The van der Waals surface area contributed by atoms with Gasteiger partial charge in [0.25, 0.3) is 0 Å². The zero-order chi connectivity index (χ0) is 15.0. The highest BCUT2D eigenvalue weighted by molar-refractivity contribution is 5.39. The van der Waals surface area contributed by atoms with Gasteiger partial charge in [-0.2, -0.15) is 0 Å². The van der Waals surface area contributed by atoms with Gasteiger partial charge in [-0.15, -0.1) is 0 Å². The molecule has 0 aliphatic heterocycles. The summed E-state index contributed by atoms with van der Waals surface area (Å²) in [6.07, 6.45) is 2.48. The molecule has 0 amide bonds. The van der Waals surface area contributed by atoms with Crippen LogP contribution in [0.15, 0.2) is 18.2 Å².